The first-order valence-electron chi connectivity index (χ1n) is 21.0. The monoisotopic (exact) mass is 974 g/mol. The lowest BCUT2D eigenvalue weighted by Gasteiger charge is -2.51. The van der Waals surface area contributed by atoms with Crippen LogP contribution < -0.4 is 0 Å². The molecule has 0 amide bonds. The topological polar surface area (TPSA) is 486 Å². The van der Waals surface area contributed by atoms with Gasteiger partial charge in [0.15, 0.2) is 37.7 Å². The minimum atomic E-state index is -2.27. The minimum absolute atomic E-state index is 0.928. The molecule has 30 atom stereocenters. The van der Waals surface area contributed by atoms with Gasteiger partial charge < -0.3 is 149 Å². The first-order valence-corrected chi connectivity index (χ1v) is 21.0. The maximum Gasteiger partial charge on any atom is 0.187 e. The highest BCUT2D eigenvalue weighted by molar-refractivity contribution is 5.00. The summed E-state index contributed by atoms with van der Waals surface area (Å²) in [5, 5.41) is 201. The molecule has 6 saturated heterocycles. The molecule has 0 radical (unpaired) electrons. The molecule has 6 rings (SSSR count). The van der Waals surface area contributed by atoms with Crippen LogP contribution in [-0.4, -0.2) is 314 Å². The van der Waals surface area contributed by atoms with Gasteiger partial charge in [0.25, 0.3) is 0 Å². The van der Waals surface area contributed by atoms with E-state index in [1.54, 1.807) is 0 Å². The first kappa shape index (κ1) is 54.1. The fraction of sp³-hybridized carbons (Fsp3) is 1.00. The van der Waals surface area contributed by atoms with Gasteiger partial charge >= 0.3 is 0 Å². The number of aliphatic hydroxyl groups excluding tert-OH is 19. The summed E-state index contributed by atoms with van der Waals surface area (Å²) in [6.07, 6.45) is -57.1. The Morgan fingerprint density at radius 3 is 1.15 bits per heavy atom. The van der Waals surface area contributed by atoms with Gasteiger partial charge in [0, 0.05) is 0 Å². The molecule has 0 unspecified atom stereocenters. The average Bonchev–Trinajstić information content (AvgIpc) is 3.30. The van der Waals surface area contributed by atoms with E-state index in [-0.39, 0.29) is 0 Å². The van der Waals surface area contributed by atoms with Crippen LogP contribution in [0.3, 0.4) is 0 Å². The Morgan fingerprint density at radius 2 is 0.606 bits per heavy atom. The molecule has 0 aromatic carbocycles. The molecule has 0 aromatic heterocycles. The van der Waals surface area contributed by atoms with Crippen molar-refractivity contribution in [2.45, 2.75) is 191 Å². The van der Waals surface area contributed by atoms with Crippen molar-refractivity contribution >= 4 is 0 Å². The first-order chi connectivity index (χ1) is 31.2. The highest BCUT2D eigenvalue weighted by Gasteiger charge is 2.58. The quantitative estimate of drug-likeness (QED) is 0.0724. The van der Waals surface area contributed by atoms with Crippen molar-refractivity contribution in [2.24, 2.45) is 0 Å². The number of ether oxygens (including phenoxy) is 11. The van der Waals surface area contributed by atoms with E-state index in [1.165, 1.54) is 6.92 Å². The van der Waals surface area contributed by atoms with Crippen LogP contribution in [0, 0.1) is 0 Å². The molecule has 386 valence electrons. The second-order valence-electron chi connectivity index (χ2n) is 16.7. The van der Waals surface area contributed by atoms with Crippen molar-refractivity contribution in [3.8, 4) is 0 Å². The Bertz CT molecular complexity index is 1490. The molecule has 0 spiro atoms. The van der Waals surface area contributed by atoms with Crippen molar-refractivity contribution in [3.63, 3.8) is 0 Å². The summed E-state index contributed by atoms with van der Waals surface area (Å²) in [4.78, 5) is 0. The zero-order valence-electron chi connectivity index (χ0n) is 34.8. The van der Waals surface area contributed by atoms with Gasteiger partial charge in [-0.05, 0) is 6.92 Å². The zero-order chi connectivity index (χ0) is 48.6. The van der Waals surface area contributed by atoms with Gasteiger partial charge in [-0.2, -0.15) is 0 Å². The summed E-state index contributed by atoms with van der Waals surface area (Å²) in [5.74, 6) is 0. The Labute approximate surface area is 373 Å². The average molecular weight is 975 g/mol. The zero-order valence-corrected chi connectivity index (χ0v) is 34.8. The number of hydrogen-bond donors (Lipinski definition) is 19. The van der Waals surface area contributed by atoms with Crippen molar-refractivity contribution in [3.05, 3.63) is 0 Å². The summed E-state index contributed by atoms with van der Waals surface area (Å²) in [6.45, 7) is -3.63. The molecule has 30 nitrogen and oxygen atoms in total. The lowest BCUT2D eigenvalue weighted by atomic mass is 9.95. The standard InChI is InChI=1S/C36H62O30/c1-7-13(42)16(45)22(51)32(56-7)66-30-18(47)15(44)9(3-38)59-36(30)63-27-11(5-40)60-34(24(53)20(27)49)64-28-12(6-41)61-35(62-26-10(4-39)57-31(55)21(50)19(26)48)25(54)29(28)65-33-23(52)17(46)14(43)8(2-37)58-33/h7-55H,2-6H2,1H3/t7-,8+,9+,10+,11+,12+,13-,14-,15+,16+,17-,18-,19+,20+,21+,22+,23+,24+,25+,26+,27+,28-,29+,30-,31+,32-,33-,34-,35+,36-/m0/s1. The fourth-order valence-corrected chi connectivity index (χ4v) is 8.43. The Kier molecular flexibility index (Phi) is 18.8. The number of rotatable bonds is 15. The molecule has 6 aliphatic rings. The molecule has 0 aliphatic carbocycles. The molecular formula is C36H62O30. The molecule has 6 aliphatic heterocycles. The van der Waals surface area contributed by atoms with E-state index in [2.05, 4.69) is 0 Å². The van der Waals surface area contributed by atoms with E-state index >= 15 is 0 Å². The molecule has 6 heterocycles. The van der Waals surface area contributed by atoms with Crippen LogP contribution in [0.25, 0.3) is 0 Å². The molecule has 0 aromatic rings. The number of hydrogen-bond acceptors (Lipinski definition) is 30. The lowest BCUT2D eigenvalue weighted by Crippen LogP contribution is -2.69. The van der Waals surface area contributed by atoms with E-state index in [0.717, 1.165) is 0 Å². The third-order valence-electron chi connectivity index (χ3n) is 12.4. The Morgan fingerprint density at radius 1 is 0.273 bits per heavy atom. The van der Waals surface area contributed by atoms with Gasteiger partial charge in [-0.1, -0.05) is 0 Å². The molecule has 66 heavy (non-hydrogen) atoms. The van der Waals surface area contributed by atoms with E-state index < -0.39 is 217 Å². The van der Waals surface area contributed by atoms with Gasteiger partial charge in [0.1, 0.15) is 140 Å². The highest BCUT2D eigenvalue weighted by Crippen LogP contribution is 2.37. The molecule has 0 saturated carbocycles. The maximum absolute atomic E-state index is 11.7. The largest absolute Gasteiger partial charge is 0.394 e. The van der Waals surface area contributed by atoms with Gasteiger partial charge in [0.2, 0.25) is 0 Å². The molecule has 0 bridgehead atoms. The lowest BCUT2D eigenvalue weighted by molar-refractivity contribution is -0.407. The van der Waals surface area contributed by atoms with Crippen LogP contribution in [-0.2, 0) is 52.1 Å². The van der Waals surface area contributed by atoms with Crippen LogP contribution in [0.4, 0.5) is 0 Å². The third-order valence-corrected chi connectivity index (χ3v) is 12.4. The van der Waals surface area contributed by atoms with Gasteiger partial charge in [-0.25, -0.2) is 0 Å². The normalized spacial score (nSPS) is 54.0. The Hall–Kier alpha value is -1.20. The summed E-state index contributed by atoms with van der Waals surface area (Å²) < 4.78 is 62.1. The molecule has 30 heteroatoms. The van der Waals surface area contributed by atoms with Crippen molar-refractivity contribution in [1.82, 2.24) is 0 Å². The summed E-state index contributed by atoms with van der Waals surface area (Å²) in [7, 11) is 0. The van der Waals surface area contributed by atoms with Crippen LogP contribution in [0.1, 0.15) is 6.92 Å². The molecular weight excluding hydrogens is 912 g/mol. The highest BCUT2D eigenvalue weighted by atomic mass is 16.8. The van der Waals surface area contributed by atoms with Crippen LogP contribution >= 0.6 is 0 Å². The summed E-state index contributed by atoms with van der Waals surface area (Å²) >= 11 is 0. The van der Waals surface area contributed by atoms with Crippen molar-refractivity contribution < 1.29 is 149 Å². The van der Waals surface area contributed by atoms with E-state index in [9.17, 15) is 97.0 Å². The van der Waals surface area contributed by atoms with Gasteiger partial charge in [0.05, 0.1) is 39.1 Å². The van der Waals surface area contributed by atoms with E-state index in [1.807, 2.05) is 0 Å². The van der Waals surface area contributed by atoms with E-state index in [0.29, 0.717) is 0 Å². The smallest absolute Gasteiger partial charge is 0.187 e. The van der Waals surface area contributed by atoms with Crippen LogP contribution in [0.5, 0.6) is 0 Å². The summed E-state index contributed by atoms with van der Waals surface area (Å²) in [5.41, 5.74) is 0. The Balaban J connectivity index is 1.25. The SMILES string of the molecule is C[C@@H]1O[C@@H](O[C@@H]2[C@H](O[C@H]3[C@H](O)[C@@H](O)[C@H](O[C@@H]4[C@H](O[C@@H]5O[C@H](CO)[C@H](O)[C@H](O)[C@H]5O)[C@@H](O)[C@@H](O[C@H]5[C@H](O)[C@@H](O)[C@H](O)O[C@@H]5CO)O[C@@H]4CO)O[C@@H]3CO)O[C@H](CO)[C@@H](O)[C@@H]2O)[C@H](O)[C@H](O)[C@H]1O. The molecule has 19 N–H and O–H groups in total. The number of aliphatic hydroxyl groups is 19. The maximum atomic E-state index is 11.7. The fourth-order valence-electron chi connectivity index (χ4n) is 8.43. The second-order valence-corrected chi connectivity index (χ2v) is 16.7. The van der Waals surface area contributed by atoms with Crippen molar-refractivity contribution in [2.75, 3.05) is 33.0 Å². The second kappa shape index (κ2) is 22.9. The predicted molar refractivity (Wildman–Crippen MR) is 198 cm³/mol. The van der Waals surface area contributed by atoms with Gasteiger partial charge in [-0.3, -0.25) is 0 Å². The predicted octanol–water partition coefficient (Wildman–Crippen LogP) is -13.1. The minimum Gasteiger partial charge on any atom is -0.394 e. The summed E-state index contributed by atoms with van der Waals surface area (Å²) in [6, 6.07) is 0. The van der Waals surface area contributed by atoms with Crippen LogP contribution in [0.15, 0.2) is 0 Å². The van der Waals surface area contributed by atoms with E-state index in [4.69, 9.17) is 52.1 Å². The molecule has 6 fully saturated rings. The van der Waals surface area contributed by atoms with Crippen molar-refractivity contribution in [1.29, 1.82) is 0 Å². The van der Waals surface area contributed by atoms with Gasteiger partial charge in [-0.15, -0.1) is 0 Å². The third kappa shape index (κ3) is 10.8. The van der Waals surface area contributed by atoms with Crippen LogP contribution in [0.2, 0.25) is 0 Å².